The Morgan fingerprint density at radius 1 is 1.27 bits per heavy atom. The lowest BCUT2D eigenvalue weighted by Crippen LogP contribution is -2.42. The molecule has 0 spiro atoms. The normalized spacial score (nSPS) is 17.4. The van der Waals surface area contributed by atoms with E-state index in [-0.39, 0.29) is 18.4 Å². The van der Waals surface area contributed by atoms with E-state index in [9.17, 15) is 9.59 Å². The molecule has 0 unspecified atom stereocenters. The molecule has 0 radical (unpaired) electrons. The number of aliphatic carboxylic acids is 1. The van der Waals surface area contributed by atoms with Crippen LogP contribution in [-0.4, -0.2) is 33.0 Å². The topological polar surface area (TPSA) is 62.5 Å². The van der Waals surface area contributed by atoms with Crippen LogP contribution in [0.2, 0.25) is 0 Å². The molecule has 5 nitrogen and oxygen atoms in total. The Morgan fingerprint density at radius 3 is 2.77 bits per heavy atom. The summed E-state index contributed by atoms with van der Waals surface area (Å²) in [5, 5.41) is 9.09. The van der Waals surface area contributed by atoms with Crippen LogP contribution in [0.15, 0.2) is 47.1 Å². The molecule has 0 fully saturated rings. The maximum atomic E-state index is 12.6. The zero-order valence-corrected chi connectivity index (χ0v) is 13.4. The number of carbonyl (C=O) groups is 2. The summed E-state index contributed by atoms with van der Waals surface area (Å²) in [6.45, 7) is 0.857. The summed E-state index contributed by atoms with van der Waals surface area (Å²) in [5.74, 6) is -0.928. The number of rotatable bonds is 4. The van der Waals surface area contributed by atoms with Gasteiger partial charge in [0.25, 0.3) is 5.91 Å². The number of carboxylic acid groups (broad SMARTS) is 1. The molecule has 3 rings (SSSR count). The van der Waals surface area contributed by atoms with Crippen LogP contribution in [0.4, 0.5) is 0 Å². The smallest absolute Gasteiger partial charge is 0.305 e. The highest BCUT2D eigenvalue weighted by Gasteiger charge is 2.31. The Labute approximate surface area is 136 Å². The van der Waals surface area contributed by atoms with E-state index in [4.69, 9.17) is 5.11 Å². The summed E-state index contributed by atoms with van der Waals surface area (Å²) in [4.78, 5) is 25.4. The largest absolute Gasteiger partial charge is 0.481 e. The van der Waals surface area contributed by atoms with E-state index < -0.39 is 5.97 Å². The van der Waals surface area contributed by atoms with Gasteiger partial charge in [-0.3, -0.25) is 9.59 Å². The molecule has 1 atom stereocenters. The van der Waals surface area contributed by atoms with Gasteiger partial charge in [-0.15, -0.1) is 0 Å². The van der Waals surface area contributed by atoms with Crippen molar-refractivity contribution in [3.63, 3.8) is 0 Å². The Hall–Kier alpha value is -2.08. The van der Waals surface area contributed by atoms with E-state index in [1.165, 1.54) is 0 Å². The molecule has 22 heavy (non-hydrogen) atoms. The second-order valence-electron chi connectivity index (χ2n) is 5.33. The van der Waals surface area contributed by atoms with Gasteiger partial charge in [-0.1, -0.05) is 34.1 Å². The van der Waals surface area contributed by atoms with Crippen molar-refractivity contribution in [3.05, 3.63) is 58.3 Å². The van der Waals surface area contributed by atoms with Crippen molar-refractivity contribution in [3.8, 4) is 0 Å². The van der Waals surface area contributed by atoms with E-state index in [2.05, 4.69) is 15.9 Å². The van der Waals surface area contributed by atoms with Crippen LogP contribution >= 0.6 is 15.9 Å². The number of aromatic nitrogens is 1. The average molecular weight is 363 g/mol. The van der Waals surface area contributed by atoms with E-state index in [0.29, 0.717) is 18.8 Å². The molecule has 2 heterocycles. The van der Waals surface area contributed by atoms with Crippen LogP contribution in [0.5, 0.6) is 0 Å². The number of amides is 1. The number of fused-ring (bicyclic) bond motifs is 1. The fourth-order valence-corrected chi connectivity index (χ4v) is 3.22. The number of carboxylic acids is 1. The van der Waals surface area contributed by atoms with Crippen molar-refractivity contribution >= 4 is 27.8 Å². The molecule has 1 N–H and O–H groups in total. The van der Waals surface area contributed by atoms with Crippen LogP contribution in [0.3, 0.4) is 0 Å². The minimum atomic E-state index is -0.861. The van der Waals surface area contributed by atoms with Gasteiger partial charge in [0.05, 0.1) is 12.5 Å². The first-order valence-electron chi connectivity index (χ1n) is 6.97. The zero-order valence-electron chi connectivity index (χ0n) is 11.8. The summed E-state index contributed by atoms with van der Waals surface area (Å²) >= 11 is 3.49. The highest BCUT2D eigenvalue weighted by Crippen LogP contribution is 2.27. The van der Waals surface area contributed by atoms with Crippen molar-refractivity contribution in [2.75, 3.05) is 6.54 Å². The molecule has 1 amide bonds. The number of nitrogens with zero attached hydrogens (tertiary/aromatic N) is 2. The quantitative estimate of drug-likeness (QED) is 0.909. The lowest BCUT2D eigenvalue weighted by molar-refractivity contribution is -0.138. The summed E-state index contributed by atoms with van der Waals surface area (Å²) in [6.07, 6.45) is 1.78. The van der Waals surface area contributed by atoms with Gasteiger partial charge in [-0.25, -0.2) is 0 Å². The third kappa shape index (κ3) is 2.78. The summed E-state index contributed by atoms with van der Waals surface area (Å²) in [5.41, 5.74) is 1.55. The van der Waals surface area contributed by atoms with Gasteiger partial charge in [0.2, 0.25) is 0 Å². The zero-order chi connectivity index (χ0) is 15.7. The van der Waals surface area contributed by atoms with Gasteiger partial charge >= 0.3 is 5.97 Å². The molecule has 114 valence electrons. The molecule has 1 aliphatic rings. The third-order valence-electron chi connectivity index (χ3n) is 3.84. The summed E-state index contributed by atoms with van der Waals surface area (Å²) in [6, 6.07) is 11.0. The Balaban J connectivity index is 1.89. The van der Waals surface area contributed by atoms with Gasteiger partial charge in [-0.05, 0) is 23.8 Å². The molecule has 0 saturated heterocycles. The van der Waals surface area contributed by atoms with Crippen LogP contribution in [0.25, 0.3) is 0 Å². The van der Waals surface area contributed by atoms with Crippen LogP contribution < -0.4 is 0 Å². The Kier molecular flexibility index (Phi) is 4.02. The highest BCUT2D eigenvalue weighted by molar-refractivity contribution is 9.10. The lowest BCUT2D eigenvalue weighted by Gasteiger charge is -2.34. The SMILES string of the molecule is O=C(O)C[C@@H]1CN(Cc2ccccc2Br)C(=O)c2cccn21. The number of hydrogen-bond donors (Lipinski definition) is 1. The molecule has 0 aliphatic carbocycles. The van der Waals surface area contributed by atoms with Gasteiger partial charge in [0.15, 0.2) is 0 Å². The predicted octanol–water partition coefficient (Wildman–Crippen LogP) is 2.92. The van der Waals surface area contributed by atoms with Gasteiger partial charge < -0.3 is 14.6 Å². The van der Waals surface area contributed by atoms with Gasteiger partial charge in [-0.2, -0.15) is 0 Å². The molecule has 1 aromatic carbocycles. The first kappa shape index (κ1) is 14.8. The second kappa shape index (κ2) is 5.96. The van der Waals surface area contributed by atoms with Crippen molar-refractivity contribution in [1.82, 2.24) is 9.47 Å². The lowest BCUT2D eigenvalue weighted by atomic mass is 10.1. The fraction of sp³-hybridized carbons (Fsp3) is 0.250. The Morgan fingerprint density at radius 2 is 2.05 bits per heavy atom. The van der Waals surface area contributed by atoms with E-state index in [1.54, 1.807) is 27.8 Å². The minimum absolute atomic E-state index is 0.00141. The van der Waals surface area contributed by atoms with Crippen LogP contribution in [-0.2, 0) is 11.3 Å². The standard InChI is InChI=1S/C16H15BrN2O3/c17-13-5-2-1-4-11(13)9-18-10-12(8-15(20)21)19-7-3-6-14(19)16(18)22/h1-7,12H,8-10H2,(H,20,21)/t12-/m1/s1. The van der Waals surface area contributed by atoms with Gasteiger partial charge in [0, 0.05) is 23.8 Å². The summed E-state index contributed by atoms with van der Waals surface area (Å²) in [7, 11) is 0. The van der Waals surface area contributed by atoms with Crippen molar-refractivity contribution in [1.29, 1.82) is 0 Å². The maximum absolute atomic E-state index is 12.6. The first-order valence-corrected chi connectivity index (χ1v) is 7.77. The molecule has 1 aromatic heterocycles. The summed E-state index contributed by atoms with van der Waals surface area (Å²) < 4.78 is 2.71. The first-order chi connectivity index (χ1) is 10.6. The Bertz CT molecular complexity index is 726. The van der Waals surface area contributed by atoms with E-state index in [1.807, 2.05) is 24.3 Å². The third-order valence-corrected chi connectivity index (χ3v) is 4.61. The molecule has 2 aromatic rings. The van der Waals surface area contributed by atoms with Crippen molar-refractivity contribution in [2.45, 2.75) is 19.0 Å². The van der Waals surface area contributed by atoms with Gasteiger partial charge in [0.1, 0.15) is 5.69 Å². The predicted molar refractivity (Wildman–Crippen MR) is 84.6 cm³/mol. The number of carbonyl (C=O) groups excluding carboxylic acids is 1. The molecule has 1 aliphatic heterocycles. The number of hydrogen-bond acceptors (Lipinski definition) is 2. The molecular weight excluding hydrogens is 348 g/mol. The molecule has 0 saturated carbocycles. The fourth-order valence-electron chi connectivity index (χ4n) is 2.81. The molecule has 6 heteroatoms. The van der Waals surface area contributed by atoms with Crippen molar-refractivity contribution < 1.29 is 14.7 Å². The molecule has 0 bridgehead atoms. The molecular formula is C16H15BrN2O3. The number of halogens is 1. The minimum Gasteiger partial charge on any atom is -0.481 e. The van der Waals surface area contributed by atoms with E-state index >= 15 is 0 Å². The van der Waals surface area contributed by atoms with Crippen molar-refractivity contribution in [2.24, 2.45) is 0 Å². The average Bonchev–Trinajstić information content (AvgIpc) is 2.96. The number of benzene rings is 1. The van der Waals surface area contributed by atoms with Crippen LogP contribution in [0.1, 0.15) is 28.5 Å². The van der Waals surface area contributed by atoms with E-state index in [0.717, 1.165) is 10.0 Å². The second-order valence-corrected chi connectivity index (χ2v) is 6.18. The highest BCUT2D eigenvalue weighted by atomic mass is 79.9. The maximum Gasteiger partial charge on any atom is 0.305 e. The monoisotopic (exact) mass is 362 g/mol. The van der Waals surface area contributed by atoms with Crippen LogP contribution in [0, 0.1) is 0 Å².